The SMILES string of the molecule is CC1=NN(CN2CCN(c3ccc(F)cc3)CC2)C(=O)C2CC(c3ccccc3)=NN12. The normalized spacial score (nSPS) is 21.8. The molecular weight excluding hydrogens is 395 g/mol. The fraction of sp³-hybridized carbons (Fsp3) is 0.348. The van der Waals surface area contributed by atoms with Gasteiger partial charge in [-0.05, 0) is 36.8 Å². The lowest BCUT2D eigenvalue weighted by Gasteiger charge is -2.39. The first-order valence-electron chi connectivity index (χ1n) is 10.6. The van der Waals surface area contributed by atoms with Crippen LogP contribution in [0.3, 0.4) is 0 Å². The number of piperazine rings is 1. The average molecular weight is 420 g/mol. The molecule has 1 amide bonds. The predicted molar refractivity (Wildman–Crippen MR) is 118 cm³/mol. The van der Waals surface area contributed by atoms with Crippen LogP contribution in [0.4, 0.5) is 10.1 Å². The minimum atomic E-state index is -0.326. The topological polar surface area (TPSA) is 54.8 Å². The summed E-state index contributed by atoms with van der Waals surface area (Å²) in [5.74, 6) is 0.501. The smallest absolute Gasteiger partial charge is 0.269 e. The molecule has 3 aliphatic rings. The largest absolute Gasteiger partial charge is 0.369 e. The molecule has 7 nitrogen and oxygen atoms in total. The summed E-state index contributed by atoms with van der Waals surface area (Å²) < 4.78 is 13.2. The van der Waals surface area contributed by atoms with E-state index in [0.717, 1.165) is 49.0 Å². The highest BCUT2D eigenvalue weighted by atomic mass is 19.1. The molecule has 0 spiro atoms. The van der Waals surface area contributed by atoms with Gasteiger partial charge in [0, 0.05) is 38.3 Å². The summed E-state index contributed by atoms with van der Waals surface area (Å²) in [6.45, 7) is 5.65. The minimum absolute atomic E-state index is 0.0127. The molecule has 3 heterocycles. The molecule has 1 atom stereocenters. The number of amides is 1. The van der Waals surface area contributed by atoms with Crippen LogP contribution < -0.4 is 4.90 Å². The van der Waals surface area contributed by atoms with Gasteiger partial charge in [-0.2, -0.15) is 10.2 Å². The van der Waals surface area contributed by atoms with Gasteiger partial charge in [-0.25, -0.2) is 14.4 Å². The van der Waals surface area contributed by atoms with Crippen molar-refractivity contribution in [2.75, 3.05) is 37.7 Å². The molecule has 1 unspecified atom stereocenters. The van der Waals surface area contributed by atoms with Gasteiger partial charge in [-0.1, -0.05) is 30.3 Å². The predicted octanol–water partition coefficient (Wildman–Crippen LogP) is 2.56. The van der Waals surface area contributed by atoms with Crippen LogP contribution in [0.5, 0.6) is 0 Å². The van der Waals surface area contributed by atoms with Gasteiger partial charge >= 0.3 is 0 Å². The zero-order valence-corrected chi connectivity index (χ0v) is 17.5. The molecule has 160 valence electrons. The summed E-state index contributed by atoms with van der Waals surface area (Å²) in [6, 6.07) is 16.3. The fourth-order valence-corrected chi connectivity index (χ4v) is 4.34. The first-order valence-corrected chi connectivity index (χ1v) is 10.6. The van der Waals surface area contributed by atoms with Crippen molar-refractivity contribution in [2.45, 2.75) is 19.4 Å². The van der Waals surface area contributed by atoms with Crippen molar-refractivity contribution in [1.29, 1.82) is 0 Å². The molecule has 2 aromatic rings. The Balaban J connectivity index is 1.21. The molecule has 5 rings (SSSR count). The summed E-state index contributed by atoms with van der Waals surface area (Å²) in [5, 5.41) is 12.6. The first-order chi connectivity index (χ1) is 15.1. The fourth-order valence-electron chi connectivity index (χ4n) is 4.34. The van der Waals surface area contributed by atoms with Gasteiger partial charge in [-0.15, -0.1) is 0 Å². The van der Waals surface area contributed by atoms with Gasteiger partial charge in [-0.3, -0.25) is 9.69 Å². The number of hydrazone groups is 2. The number of carbonyl (C=O) groups excluding carboxylic acids is 1. The third-order valence-corrected chi connectivity index (χ3v) is 6.05. The number of rotatable bonds is 4. The van der Waals surface area contributed by atoms with Crippen molar-refractivity contribution in [1.82, 2.24) is 14.9 Å². The van der Waals surface area contributed by atoms with Crippen LogP contribution in [0.2, 0.25) is 0 Å². The molecule has 0 aromatic heterocycles. The van der Waals surface area contributed by atoms with Crippen LogP contribution in [0, 0.1) is 5.82 Å². The first kappa shape index (κ1) is 19.7. The van der Waals surface area contributed by atoms with E-state index in [1.165, 1.54) is 12.1 Å². The molecule has 0 saturated carbocycles. The van der Waals surface area contributed by atoms with E-state index in [1.807, 2.05) is 49.4 Å². The van der Waals surface area contributed by atoms with Gasteiger partial charge in [0.1, 0.15) is 17.7 Å². The number of fused-ring (bicyclic) bond motifs is 1. The molecule has 1 saturated heterocycles. The monoisotopic (exact) mass is 420 g/mol. The summed E-state index contributed by atoms with van der Waals surface area (Å²) in [6.07, 6.45) is 0.588. The minimum Gasteiger partial charge on any atom is -0.369 e. The molecule has 1 fully saturated rings. The zero-order chi connectivity index (χ0) is 21.4. The number of nitrogens with zero attached hydrogens (tertiary/aromatic N) is 6. The number of carbonyl (C=O) groups is 1. The third kappa shape index (κ3) is 3.90. The Morgan fingerprint density at radius 1 is 0.968 bits per heavy atom. The Morgan fingerprint density at radius 2 is 1.68 bits per heavy atom. The van der Waals surface area contributed by atoms with Crippen LogP contribution in [0.15, 0.2) is 64.8 Å². The van der Waals surface area contributed by atoms with E-state index in [9.17, 15) is 9.18 Å². The maximum absolute atomic E-state index is 13.2. The van der Waals surface area contributed by atoms with Gasteiger partial charge in [0.05, 0.1) is 12.4 Å². The van der Waals surface area contributed by atoms with E-state index in [-0.39, 0.29) is 17.8 Å². The summed E-state index contributed by atoms with van der Waals surface area (Å²) in [4.78, 5) is 17.6. The molecule has 0 radical (unpaired) electrons. The van der Waals surface area contributed by atoms with Crippen LogP contribution in [0.25, 0.3) is 0 Å². The molecule has 0 N–H and O–H groups in total. The summed E-state index contributed by atoms with van der Waals surface area (Å²) in [7, 11) is 0. The Kier molecular flexibility index (Phi) is 5.15. The highest BCUT2D eigenvalue weighted by Crippen LogP contribution is 2.26. The van der Waals surface area contributed by atoms with Crippen molar-refractivity contribution in [2.24, 2.45) is 10.2 Å². The van der Waals surface area contributed by atoms with Crippen molar-refractivity contribution in [3.63, 3.8) is 0 Å². The second-order valence-corrected chi connectivity index (χ2v) is 8.09. The molecular formula is C23H25FN6O. The third-order valence-electron chi connectivity index (χ3n) is 6.05. The number of halogens is 1. The molecule has 8 heteroatoms. The lowest BCUT2D eigenvalue weighted by molar-refractivity contribution is -0.139. The zero-order valence-electron chi connectivity index (χ0n) is 17.5. The van der Waals surface area contributed by atoms with Crippen LogP contribution in [-0.4, -0.2) is 71.3 Å². The summed E-state index contributed by atoms with van der Waals surface area (Å²) >= 11 is 0. The highest BCUT2D eigenvalue weighted by Gasteiger charge is 2.41. The highest BCUT2D eigenvalue weighted by molar-refractivity contribution is 6.07. The summed E-state index contributed by atoms with van der Waals surface area (Å²) in [5.41, 5.74) is 2.99. The van der Waals surface area contributed by atoms with E-state index in [2.05, 4.69) is 20.0 Å². The molecule has 0 bridgehead atoms. The van der Waals surface area contributed by atoms with Crippen LogP contribution in [0.1, 0.15) is 18.9 Å². The van der Waals surface area contributed by atoms with Gasteiger partial charge in [0.2, 0.25) is 0 Å². The lowest BCUT2D eigenvalue weighted by atomic mass is 10.0. The Labute approximate surface area is 181 Å². The second kappa shape index (κ2) is 8.11. The maximum Gasteiger partial charge on any atom is 0.269 e. The second-order valence-electron chi connectivity index (χ2n) is 8.09. The van der Waals surface area contributed by atoms with E-state index in [0.29, 0.717) is 13.1 Å². The Morgan fingerprint density at radius 3 is 2.39 bits per heavy atom. The van der Waals surface area contributed by atoms with E-state index in [1.54, 1.807) is 10.0 Å². The maximum atomic E-state index is 13.2. The molecule has 3 aliphatic heterocycles. The number of benzene rings is 2. The van der Waals surface area contributed by atoms with Crippen molar-refractivity contribution >= 4 is 23.1 Å². The van der Waals surface area contributed by atoms with Gasteiger partial charge in [0.25, 0.3) is 5.91 Å². The molecule has 2 aromatic carbocycles. The van der Waals surface area contributed by atoms with Gasteiger partial charge < -0.3 is 4.90 Å². The van der Waals surface area contributed by atoms with Crippen molar-refractivity contribution < 1.29 is 9.18 Å². The lowest BCUT2D eigenvalue weighted by Crippen LogP contribution is -2.55. The Hall–Kier alpha value is -3.26. The van der Waals surface area contributed by atoms with E-state index >= 15 is 0 Å². The number of hydrogen-bond donors (Lipinski definition) is 0. The van der Waals surface area contributed by atoms with Gasteiger partial charge in [0.15, 0.2) is 0 Å². The van der Waals surface area contributed by atoms with Crippen molar-refractivity contribution in [3.05, 3.63) is 66.0 Å². The Bertz CT molecular complexity index is 1010. The number of hydrogen-bond acceptors (Lipinski definition) is 6. The van der Waals surface area contributed by atoms with Crippen LogP contribution in [-0.2, 0) is 4.79 Å². The molecule has 0 aliphatic carbocycles. The number of anilines is 1. The van der Waals surface area contributed by atoms with Crippen molar-refractivity contribution in [3.8, 4) is 0 Å². The standard InChI is InChI=1S/C23H25FN6O/c1-17-25-29(16-27-11-13-28(14-12-27)20-9-7-19(24)8-10-20)23(31)22-15-21(26-30(17)22)18-5-3-2-4-6-18/h2-10,22H,11-16H2,1H3. The quantitative estimate of drug-likeness (QED) is 0.763. The van der Waals surface area contributed by atoms with E-state index in [4.69, 9.17) is 0 Å². The number of amidine groups is 1. The molecule has 31 heavy (non-hydrogen) atoms. The average Bonchev–Trinajstić information content (AvgIpc) is 3.26. The van der Waals surface area contributed by atoms with E-state index < -0.39 is 0 Å². The van der Waals surface area contributed by atoms with Crippen LogP contribution >= 0.6 is 0 Å².